The molecule has 50 heavy (non-hydrogen) atoms. The first kappa shape index (κ1) is 34.0. The minimum atomic E-state index is -0.0470. The maximum atomic E-state index is 8.88. The summed E-state index contributed by atoms with van der Waals surface area (Å²) in [4.78, 5) is 16.1. The Kier molecular flexibility index (Phi) is 11.5. The number of fused-ring (bicyclic) bond motifs is 2. The summed E-state index contributed by atoms with van der Waals surface area (Å²) in [6, 6.07) is 11.5. The Morgan fingerprint density at radius 2 is 1.40 bits per heavy atom. The Hall–Kier alpha value is -5.90. The third-order valence-corrected chi connectivity index (χ3v) is 7.67. The number of hydrogen-bond acceptors (Lipinski definition) is 13. The van der Waals surface area contributed by atoms with Crippen molar-refractivity contribution in [3.63, 3.8) is 0 Å². The van der Waals surface area contributed by atoms with Crippen LogP contribution < -0.4 is 22.1 Å². The Labute approximate surface area is 288 Å². The van der Waals surface area contributed by atoms with Crippen LogP contribution in [-0.2, 0) is 9.47 Å². The van der Waals surface area contributed by atoms with E-state index in [0.29, 0.717) is 24.7 Å². The Balaban J connectivity index is 0.000000178. The van der Waals surface area contributed by atoms with Crippen LogP contribution in [0.4, 0.5) is 34.9 Å². The number of aliphatic hydroxyl groups excluding tert-OH is 1. The van der Waals surface area contributed by atoms with Gasteiger partial charge in [0.2, 0.25) is 11.9 Å². The van der Waals surface area contributed by atoms with Gasteiger partial charge in [-0.05, 0) is 68.5 Å². The third kappa shape index (κ3) is 9.37. The molecule has 0 spiro atoms. The molecule has 1 aliphatic heterocycles. The zero-order chi connectivity index (χ0) is 34.5. The smallest absolute Gasteiger partial charge is 0.221 e. The SMILES string of the molecule is Nc1nccc(Nc2cc(/C=C/CCO)c3[nH]ncc3c2)n1.Nc1nccc(Nc2cc(/C=C/CCOC3CCCCO3)c3[nH]ncc3c2)n1. The van der Waals surface area contributed by atoms with E-state index < -0.39 is 0 Å². The van der Waals surface area contributed by atoms with Gasteiger partial charge in [0.1, 0.15) is 11.6 Å². The molecule has 258 valence electrons. The summed E-state index contributed by atoms with van der Waals surface area (Å²) in [6.07, 6.45) is 19.5. The van der Waals surface area contributed by atoms with Crippen LogP contribution in [0.2, 0.25) is 0 Å². The largest absolute Gasteiger partial charge is 0.396 e. The fraction of sp³-hybridized carbons (Fsp3) is 0.257. The Bertz CT molecular complexity index is 2050. The number of ether oxygens (including phenoxy) is 2. The van der Waals surface area contributed by atoms with E-state index in [1.165, 1.54) is 6.42 Å². The fourth-order valence-electron chi connectivity index (χ4n) is 5.37. The first-order chi connectivity index (χ1) is 24.5. The molecular formula is C35H40N12O3. The van der Waals surface area contributed by atoms with E-state index in [-0.39, 0.29) is 24.8 Å². The summed E-state index contributed by atoms with van der Waals surface area (Å²) in [7, 11) is 0. The molecule has 0 aliphatic carbocycles. The lowest BCUT2D eigenvalue weighted by molar-refractivity contribution is -0.161. The highest BCUT2D eigenvalue weighted by atomic mass is 16.7. The topological polar surface area (TPSA) is 224 Å². The van der Waals surface area contributed by atoms with Crippen molar-refractivity contribution in [2.75, 3.05) is 41.9 Å². The van der Waals surface area contributed by atoms with Crippen molar-refractivity contribution in [2.24, 2.45) is 0 Å². The molecule has 7 rings (SSSR count). The molecular weight excluding hydrogens is 636 g/mol. The standard InChI is InChI=1S/C20H24N6O2.C15H16N6O/c21-20-22-8-7-17(25-20)24-16-11-14(19-15(12-16)13-23-26-19)5-1-3-9-27-18-6-2-4-10-28-18;16-15-17-5-4-13(20-15)19-12-7-10(3-1-2-6-22)14-11(8-12)9-18-21-14/h1,5,7-8,11-13,18H,2-4,6,9-10H2,(H,23,26)(H3,21,22,24,25);1,3-5,7-9,22H,2,6H2,(H,18,21)(H3,16,17,19,20)/b5-1+;3-1+. The van der Waals surface area contributed by atoms with Gasteiger partial charge in [-0.1, -0.05) is 24.3 Å². The molecule has 0 saturated carbocycles. The highest BCUT2D eigenvalue weighted by molar-refractivity contribution is 5.91. The van der Waals surface area contributed by atoms with Crippen molar-refractivity contribution in [2.45, 2.75) is 38.4 Å². The van der Waals surface area contributed by atoms with Crippen LogP contribution in [-0.4, -0.2) is 71.5 Å². The normalized spacial score (nSPS) is 14.7. The average Bonchev–Trinajstić information content (AvgIpc) is 3.79. The number of nitrogens with two attached hydrogens (primary N) is 2. The molecule has 6 aromatic rings. The van der Waals surface area contributed by atoms with Crippen molar-refractivity contribution in [1.29, 1.82) is 0 Å². The number of benzene rings is 2. The second-order valence-electron chi connectivity index (χ2n) is 11.4. The third-order valence-electron chi connectivity index (χ3n) is 7.67. The fourth-order valence-corrected chi connectivity index (χ4v) is 5.37. The molecule has 1 atom stereocenters. The Morgan fingerprint density at radius 1 is 0.820 bits per heavy atom. The van der Waals surface area contributed by atoms with Crippen molar-refractivity contribution in [3.8, 4) is 0 Å². The first-order valence-electron chi connectivity index (χ1n) is 16.4. The van der Waals surface area contributed by atoms with Gasteiger partial charge in [-0.3, -0.25) is 10.2 Å². The molecule has 1 aliphatic rings. The van der Waals surface area contributed by atoms with Crippen LogP contribution >= 0.6 is 0 Å². The summed E-state index contributed by atoms with van der Waals surface area (Å²) >= 11 is 0. The number of anilines is 6. The van der Waals surface area contributed by atoms with Crippen LogP contribution in [0.25, 0.3) is 34.0 Å². The summed E-state index contributed by atoms with van der Waals surface area (Å²) in [5.74, 6) is 1.72. The van der Waals surface area contributed by atoms with Crippen molar-refractivity contribution in [3.05, 3.63) is 84.5 Å². The van der Waals surface area contributed by atoms with Crippen LogP contribution in [0, 0.1) is 0 Å². The van der Waals surface area contributed by atoms with Gasteiger partial charge < -0.3 is 36.7 Å². The monoisotopic (exact) mass is 676 g/mol. The van der Waals surface area contributed by atoms with Crippen molar-refractivity contribution < 1.29 is 14.6 Å². The van der Waals surface area contributed by atoms with Gasteiger partial charge in [0, 0.05) is 58.9 Å². The molecule has 0 bridgehead atoms. The lowest BCUT2D eigenvalue weighted by Gasteiger charge is -2.22. The summed E-state index contributed by atoms with van der Waals surface area (Å²) in [6.45, 7) is 1.57. The van der Waals surface area contributed by atoms with Gasteiger partial charge in [-0.25, -0.2) is 9.97 Å². The lowest BCUT2D eigenvalue weighted by atomic mass is 10.1. The van der Waals surface area contributed by atoms with Crippen molar-refractivity contribution >= 4 is 68.9 Å². The molecule has 15 heteroatoms. The van der Waals surface area contributed by atoms with Gasteiger partial charge in [0.25, 0.3) is 0 Å². The number of aromatic nitrogens is 8. The molecule has 2 aromatic carbocycles. The van der Waals surface area contributed by atoms with Crippen LogP contribution in [0.3, 0.4) is 0 Å². The van der Waals surface area contributed by atoms with Gasteiger partial charge in [-0.2, -0.15) is 20.2 Å². The van der Waals surface area contributed by atoms with E-state index in [1.807, 2.05) is 36.4 Å². The second-order valence-corrected chi connectivity index (χ2v) is 11.4. The van der Waals surface area contributed by atoms with Crippen molar-refractivity contribution in [1.82, 2.24) is 40.3 Å². The molecule has 0 amide bonds. The van der Waals surface area contributed by atoms with E-state index in [1.54, 1.807) is 36.9 Å². The van der Waals surface area contributed by atoms with Crippen LogP contribution in [0.1, 0.15) is 43.2 Å². The van der Waals surface area contributed by atoms with Gasteiger partial charge >= 0.3 is 0 Å². The van der Waals surface area contributed by atoms with E-state index >= 15 is 0 Å². The van der Waals surface area contributed by atoms with Crippen LogP contribution in [0.5, 0.6) is 0 Å². The van der Waals surface area contributed by atoms with E-state index in [4.69, 9.17) is 26.0 Å². The summed E-state index contributed by atoms with van der Waals surface area (Å²) in [5, 5.41) is 31.6. The highest BCUT2D eigenvalue weighted by Gasteiger charge is 2.13. The van der Waals surface area contributed by atoms with Gasteiger partial charge in [-0.15, -0.1) is 0 Å². The molecule has 1 saturated heterocycles. The highest BCUT2D eigenvalue weighted by Crippen LogP contribution is 2.27. The molecule has 1 unspecified atom stereocenters. The maximum absolute atomic E-state index is 8.88. The predicted octanol–water partition coefficient (Wildman–Crippen LogP) is 5.70. The minimum absolute atomic E-state index is 0.0470. The van der Waals surface area contributed by atoms with E-state index in [9.17, 15) is 0 Å². The number of nitrogen functional groups attached to an aromatic ring is 2. The molecule has 15 nitrogen and oxygen atoms in total. The lowest BCUT2D eigenvalue weighted by Crippen LogP contribution is -2.22. The minimum Gasteiger partial charge on any atom is -0.396 e. The van der Waals surface area contributed by atoms with E-state index in [2.05, 4.69) is 63.1 Å². The molecule has 5 heterocycles. The average molecular weight is 677 g/mol. The molecule has 4 aromatic heterocycles. The number of aromatic amines is 2. The molecule has 0 radical (unpaired) electrons. The summed E-state index contributed by atoms with van der Waals surface area (Å²) in [5.41, 5.74) is 17.0. The number of hydrogen-bond donors (Lipinski definition) is 7. The van der Waals surface area contributed by atoms with Crippen LogP contribution in [0.15, 0.2) is 73.3 Å². The maximum Gasteiger partial charge on any atom is 0.221 e. The number of rotatable bonds is 12. The number of aliphatic hydroxyl groups is 1. The Morgan fingerprint density at radius 3 is 1.92 bits per heavy atom. The quantitative estimate of drug-likeness (QED) is 0.0774. The predicted molar refractivity (Wildman–Crippen MR) is 196 cm³/mol. The van der Waals surface area contributed by atoms with Gasteiger partial charge in [0.15, 0.2) is 6.29 Å². The zero-order valence-corrected chi connectivity index (χ0v) is 27.4. The van der Waals surface area contributed by atoms with E-state index in [0.717, 1.165) is 70.2 Å². The summed E-state index contributed by atoms with van der Waals surface area (Å²) < 4.78 is 11.4. The first-order valence-corrected chi connectivity index (χ1v) is 16.4. The zero-order valence-electron chi connectivity index (χ0n) is 27.4. The molecule has 1 fully saturated rings. The number of nitrogens with one attached hydrogen (secondary N) is 4. The number of nitrogens with zero attached hydrogens (tertiary/aromatic N) is 6. The second kappa shape index (κ2) is 17.0. The molecule has 9 N–H and O–H groups in total. The van der Waals surface area contributed by atoms with Gasteiger partial charge in [0.05, 0.1) is 30.0 Å². The number of H-pyrrole nitrogens is 2.